The number of amides is 2. The molecule has 22 heavy (non-hydrogen) atoms. The Morgan fingerprint density at radius 2 is 2.00 bits per heavy atom. The summed E-state index contributed by atoms with van der Waals surface area (Å²) in [5.41, 5.74) is 2.65. The van der Waals surface area contributed by atoms with Crippen LogP contribution in [0.25, 0.3) is 0 Å². The van der Waals surface area contributed by atoms with Crippen molar-refractivity contribution in [3.63, 3.8) is 0 Å². The third kappa shape index (κ3) is 3.27. The van der Waals surface area contributed by atoms with E-state index in [4.69, 9.17) is 0 Å². The number of aryl methyl sites for hydroxylation is 1. The zero-order valence-electron chi connectivity index (χ0n) is 13.3. The number of nitrogens with zero attached hydrogens (tertiary/aromatic N) is 1. The van der Waals surface area contributed by atoms with E-state index in [0.717, 1.165) is 45.2 Å². The van der Waals surface area contributed by atoms with Crippen LogP contribution < -0.4 is 5.32 Å². The normalized spacial score (nSPS) is 23.7. The number of fused-ring (bicyclic) bond motifs is 1. The van der Waals surface area contributed by atoms with E-state index in [2.05, 4.69) is 29.6 Å². The molecule has 1 aliphatic heterocycles. The highest BCUT2D eigenvalue weighted by Gasteiger charge is 2.28. The average molecular weight is 302 g/mol. The average Bonchev–Trinajstić information content (AvgIpc) is 2.55. The molecule has 0 saturated carbocycles. The van der Waals surface area contributed by atoms with Gasteiger partial charge in [-0.05, 0) is 56.1 Å². The number of nitrogens with one attached hydrogen (secondary N) is 1. The molecular formula is C18H26N2O2. The Morgan fingerprint density at radius 1 is 1.27 bits per heavy atom. The van der Waals surface area contributed by atoms with Gasteiger partial charge in [0.1, 0.15) is 0 Å². The second kappa shape index (κ2) is 6.69. The zero-order chi connectivity index (χ0) is 15.5. The third-order valence-corrected chi connectivity index (χ3v) is 5.18. The largest absolute Gasteiger partial charge is 0.393 e. The first-order chi connectivity index (χ1) is 10.6. The maximum absolute atomic E-state index is 12.5. The molecule has 1 aromatic carbocycles. The van der Waals surface area contributed by atoms with Crippen molar-refractivity contribution in [2.24, 2.45) is 5.92 Å². The minimum absolute atomic E-state index is 0.0470. The first kappa shape index (κ1) is 15.3. The van der Waals surface area contributed by atoms with Gasteiger partial charge in [0, 0.05) is 13.1 Å². The number of hydrogen-bond donors (Lipinski definition) is 2. The van der Waals surface area contributed by atoms with Crippen molar-refractivity contribution in [2.45, 2.75) is 51.2 Å². The van der Waals surface area contributed by atoms with Crippen molar-refractivity contribution in [1.82, 2.24) is 10.2 Å². The second-order valence-electron chi connectivity index (χ2n) is 6.66. The Balaban J connectivity index is 1.59. The van der Waals surface area contributed by atoms with E-state index in [9.17, 15) is 9.90 Å². The van der Waals surface area contributed by atoms with Crippen LogP contribution in [0, 0.1) is 5.92 Å². The van der Waals surface area contributed by atoms with Crippen LogP contribution in [0.1, 0.15) is 49.8 Å². The highest BCUT2D eigenvalue weighted by molar-refractivity contribution is 5.75. The molecule has 2 unspecified atom stereocenters. The van der Waals surface area contributed by atoms with Gasteiger partial charge in [-0.3, -0.25) is 0 Å². The predicted octanol–water partition coefficient (Wildman–Crippen LogP) is 2.87. The SMILES string of the molecule is CC(O)C1CCN(C(=O)NC2CCCc3ccccc32)CC1. The van der Waals surface area contributed by atoms with Crippen LogP contribution in [0.4, 0.5) is 4.79 Å². The van der Waals surface area contributed by atoms with E-state index >= 15 is 0 Å². The van der Waals surface area contributed by atoms with Crippen molar-refractivity contribution < 1.29 is 9.90 Å². The van der Waals surface area contributed by atoms with Crippen molar-refractivity contribution in [3.05, 3.63) is 35.4 Å². The summed E-state index contributed by atoms with van der Waals surface area (Å²) in [6.45, 7) is 3.34. The quantitative estimate of drug-likeness (QED) is 0.882. The van der Waals surface area contributed by atoms with Gasteiger partial charge in [0.05, 0.1) is 12.1 Å². The van der Waals surface area contributed by atoms with Crippen molar-refractivity contribution in [3.8, 4) is 0 Å². The summed E-state index contributed by atoms with van der Waals surface area (Å²) in [7, 11) is 0. The molecular weight excluding hydrogens is 276 g/mol. The maximum Gasteiger partial charge on any atom is 0.317 e. The van der Waals surface area contributed by atoms with E-state index in [-0.39, 0.29) is 18.2 Å². The molecule has 2 atom stereocenters. The van der Waals surface area contributed by atoms with Gasteiger partial charge in [0.15, 0.2) is 0 Å². The molecule has 1 fully saturated rings. The fourth-order valence-electron chi connectivity index (χ4n) is 3.73. The second-order valence-corrected chi connectivity index (χ2v) is 6.66. The summed E-state index contributed by atoms with van der Waals surface area (Å²) in [5.74, 6) is 0.333. The standard InChI is InChI=1S/C18H26N2O2/c1-13(21)14-9-11-20(12-10-14)18(22)19-17-8-4-6-15-5-2-3-7-16(15)17/h2-3,5,7,13-14,17,21H,4,6,8-12H2,1H3,(H,19,22). The Bertz CT molecular complexity index is 522. The van der Waals surface area contributed by atoms with Crippen LogP contribution in [0.15, 0.2) is 24.3 Å². The Kier molecular flexibility index (Phi) is 4.67. The summed E-state index contributed by atoms with van der Waals surface area (Å²) in [6.07, 6.45) is 4.79. The molecule has 2 aliphatic rings. The molecule has 1 aliphatic carbocycles. The van der Waals surface area contributed by atoms with Gasteiger partial charge in [0.2, 0.25) is 0 Å². The van der Waals surface area contributed by atoms with Gasteiger partial charge in [-0.25, -0.2) is 4.79 Å². The number of aliphatic hydroxyl groups is 1. The molecule has 120 valence electrons. The van der Waals surface area contributed by atoms with Crippen molar-refractivity contribution in [1.29, 1.82) is 0 Å². The third-order valence-electron chi connectivity index (χ3n) is 5.18. The molecule has 0 aromatic heterocycles. The summed E-state index contributed by atoms with van der Waals surface area (Å²) in [5, 5.41) is 12.9. The molecule has 0 bridgehead atoms. The molecule has 0 spiro atoms. The fourth-order valence-corrected chi connectivity index (χ4v) is 3.73. The molecule has 1 heterocycles. The van der Waals surface area contributed by atoms with Crippen molar-refractivity contribution in [2.75, 3.05) is 13.1 Å². The number of rotatable bonds is 2. The van der Waals surface area contributed by atoms with E-state index < -0.39 is 0 Å². The van der Waals surface area contributed by atoms with Gasteiger partial charge in [0.25, 0.3) is 0 Å². The number of aliphatic hydroxyl groups excluding tert-OH is 1. The van der Waals surface area contributed by atoms with Gasteiger partial charge < -0.3 is 15.3 Å². The summed E-state index contributed by atoms with van der Waals surface area (Å²) < 4.78 is 0. The van der Waals surface area contributed by atoms with Crippen LogP contribution in [-0.2, 0) is 6.42 Å². The minimum Gasteiger partial charge on any atom is -0.393 e. The number of likely N-dealkylation sites (tertiary alicyclic amines) is 1. The van der Waals surface area contributed by atoms with Gasteiger partial charge in [-0.15, -0.1) is 0 Å². The lowest BCUT2D eigenvalue weighted by Gasteiger charge is -2.35. The number of urea groups is 1. The number of piperidine rings is 1. The van der Waals surface area contributed by atoms with Crippen LogP contribution in [-0.4, -0.2) is 35.2 Å². The highest BCUT2D eigenvalue weighted by Crippen LogP contribution is 2.30. The number of benzene rings is 1. The minimum atomic E-state index is -0.268. The van der Waals surface area contributed by atoms with Crippen LogP contribution >= 0.6 is 0 Å². The van der Waals surface area contributed by atoms with Gasteiger partial charge in [-0.1, -0.05) is 24.3 Å². The summed E-state index contributed by atoms with van der Waals surface area (Å²) in [6, 6.07) is 8.63. The first-order valence-corrected chi connectivity index (χ1v) is 8.46. The van der Waals surface area contributed by atoms with E-state index in [0.29, 0.717) is 5.92 Å². The summed E-state index contributed by atoms with van der Waals surface area (Å²) in [4.78, 5) is 14.4. The molecule has 4 nitrogen and oxygen atoms in total. The molecule has 0 radical (unpaired) electrons. The first-order valence-electron chi connectivity index (χ1n) is 8.46. The molecule has 1 aromatic rings. The van der Waals surface area contributed by atoms with Crippen LogP contribution in [0.2, 0.25) is 0 Å². The van der Waals surface area contributed by atoms with Crippen LogP contribution in [0.5, 0.6) is 0 Å². The van der Waals surface area contributed by atoms with Gasteiger partial charge in [-0.2, -0.15) is 0 Å². The lowest BCUT2D eigenvalue weighted by molar-refractivity contribution is 0.0792. The number of hydrogen-bond acceptors (Lipinski definition) is 2. The van der Waals surface area contributed by atoms with Gasteiger partial charge >= 0.3 is 6.03 Å². The zero-order valence-corrected chi connectivity index (χ0v) is 13.3. The lowest BCUT2D eigenvalue weighted by atomic mass is 9.88. The fraction of sp³-hybridized carbons (Fsp3) is 0.611. The Morgan fingerprint density at radius 3 is 2.73 bits per heavy atom. The topological polar surface area (TPSA) is 52.6 Å². The molecule has 2 N–H and O–H groups in total. The Hall–Kier alpha value is -1.55. The predicted molar refractivity (Wildman–Crippen MR) is 86.6 cm³/mol. The molecule has 2 amide bonds. The number of carbonyl (C=O) groups is 1. The maximum atomic E-state index is 12.5. The highest BCUT2D eigenvalue weighted by atomic mass is 16.3. The van der Waals surface area contributed by atoms with Crippen LogP contribution in [0.3, 0.4) is 0 Å². The lowest BCUT2D eigenvalue weighted by Crippen LogP contribution is -2.47. The van der Waals surface area contributed by atoms with E-state index in [1.54, 1.807) is 0 Å². The summed E-state index contributed by atoms with van der Waals surface area (Å²) >= 11 is 0. The molecule has 4 heteroatoms. The number of carbonyl (C=O) groups excluding carboxylic acids is 1. The Labute approximate surface area is 132 Å². The van der Waals surface area contributed by atoms with E-state index in [1.165, 1.54) is 11.1 Å². The van der Waals surface area contributed by atoms with E-state index in [1.807, 2.05) is 11.8 Å². The molecule has 1 saturated heterocycles. The smallest absolute Gasteiger partial charge is 0.317 e. The van der Waals surface area contributed by atoms with Crippen molar-refractivity contribution >= 4 is 6.03 Å². The molecule has 3 rings (SSSR count). The monoisotopic (exact) mass is 302 g/mol.